The molecule has 6 saturated heterocycles. The van der Waals surface area contributed by atoms with Gasteiger partial charge in [0.1, 0.15) is 66.0 Å². The van der Waals surface area contributed by atoms with Crippen LogP contribution in [0.3, 0.4) is 0 Å². The number of nitrogen functional groups attached to an aromatic ring is 2. The molecule has 14 atom stereocenters. The van der Waals surface area contributed by atoms with Crippen molar-refractivity contribution in [2.24, 2.45) is 11.5 Å². The van der Waals surface area contributed by atoms with E-state index in [2.05, 4.69) is 40.5 Å². The minimum atomic E-state index is -2.11. The highest BCUT2D eigenvalue weighted by atomic mass is 16.6. The van der Waals surface area contributed by atoms with Gasteiger partial charge in [0.15, 0.2) is 47.2 Å². The van der Waals surface area contributed by atoms with Crippen molar-refractivity contribution in [1.29, 1.82) is 0 Å². The number of piperidine rings is 2. The van der Waals surface area contributed by atoms with Crippen LogP contribution < -0.4 is 33.6 Å². The lowest BCUT2D eigenvalue weighted by Gasteiger charge is -2.33. The van der Waals surface area contributed by atoms with E-state index in [1.165, 1.54) is 58.2 Å². The number of imidazole rings is 2. The van der Waals surface area contributed by atoms with E-state index in [1.807, 2.05) is 0 Å². The maximum Gasteiger partial charge on any atom is 0.408 e. The number of amides is 5. The predicted octanol–water partition coefficient (Wildman–Crippen LogP) is -6.44. The van der Waals surface area contributed by atoms with Gasteiger partial charge in [-0.05, 0) is 20.9 Å². The fourth-order valence-corrected chi connectivity index (χ4v) is 9.49. The molecule has 376 valence electrons. The normalized spacial score (nSPS) is 36.4. The summed E-state index contributed by atoms with van der Waals surface area (Å²) < 4.78 is 36.1. The van der Waals surface area contributed by atoms with Crippen molar-refractivity contribution < 1.29 is 77.6 Å². The lowest BCUT2D eigenvalue weighted by molar-refractivity contribution is -0.156. The number of aliphatic hydroxyl groups is 4. The number of likely N-dealkylation sites (tertiary alicyclic amines) is 2. The number of hydrogen-bond acceptors (Lipinski definition) is 25. The van der Waals surface area contributed by atoms with Crippen molar-refractivity contribution >= 4 is 69.7 Å². The monoisotopic (exact) mass is 984 g/mol. The summed E-state index contributed by atoms with van der Waals surface area (Å²) in [6.45, 7) is 2.45. The summed E-state index contributed by atoms with van der Waals surface area (Å²) >= 11 is 0. The smallest absolute Gasteiger partial charge is 0.408 e. The summed E-state index contributed by atoms with van der Waals surface area (Å²) in [4.78, 5) is 101. The maximum absolute atomic E-state index is 12.8. The lowest BCUT2D eigenvalue weighted by Crippen LogP contribution is -2.62. The van der Waals surface area contributed by atoms with Gasteiger partial charge in [-0.15, -0.1) is 0 Å². The second-order valence-corrected chi connectivity index (χ2v) is 17.7. The molecule has 0 aliphatic carbocycles. The van der Waals surface area contributed by atoms with Crippen LogP contribution in [-0.4, -0.2) is 210 Å². The van der Waals surface area contributed by atoms with Gasteiger partial charge < -0.3 is 87.3 Å². The van der Waals surface area contributed by atoms with Crippen LogP contribution in [0.5, 0.6) is 0 Å². The average Bonchev–Trinajstić information content (AvgIpc) is 4.19. The van der Waals surface area contributed by atoms with Crippen LogP contribution in [0.15, 0.2) is 25.3 Å². The number of nitrogens with zero attached hydrogens (tertiary/aromatic N) is 10. The first-order valence-electron chi connectivity index (χ1n) is 21.3. The number of aromatic nitrogens is 8. The molecule has 0 radical (unpaired) electrons. The topological polar surface area (TPSA) is 461 Å². The van der Waals surface area contributed by atoms with Crippen LogP contribution in [0.4, 0.5) is 21.2 Å². The molecule has 0 spiro atoms. The SMILES string of the molecule is CN1C(=O)C2(C(N)=O)O[C@@]1(C)CC2OC(=O)NC[C@H]1O[C@@H](n2cnc3c(N)ncnc32)[C@H](O)[C@@H]1O.CN1CC2(C(N)=O)O[C@]1(C)C(=O)C2OC(=O)NC[C@H]1O[C@@H](n2cnc3c(N)ncnc32)[C@H](O)[C@@H]1O. The largest absolute Gasteiger partial charge is 0.442 e. The van der Waals surface area contributed by atoms with Gasteiger partial charge >= 0.3 is 12.2 Å². The Bertz CT molecular complexity index is 2820. The molecule has 4 aromatic heterocycles. The lowest BCUT2D eigenvalue weighted by atomic mass is 9.88. The second kappa shape index (κ2) is 16.8. The van der Waals surface area contributed by atoms with Crippen LogP contribution in [0.25, 0.3) is 22.3 Å². The quantitative estimate of drug-likeness (QED) is 0.0661. The number of nitrogens with two attached hydrogens (primary N) is 4. The molecule has 10 rings (SSSR count). The average molecular weight is 985 g/mol. The highest BCUT2D eigenvalue weighted by Crippen LogP contribution is 2.49. The number of primary amides is 2. The zero-order valence-corrected chi connectivity index (χ0v) is 37.4. The van der Waals surface area contributed by atoms with Crippen molar-refractivity contribution in [3.05, 3.63) is 25.3 Å². The Morgan fingerprint density at radius 3 is 1.71 bits per heavy atom. The number of fused-ring (bicyclic) bond motifs is 6. The van der Waals surface area contributed by atoms with Crippen molar-refractivity contribution in [3.8, 4) is 0 Å². The van der Waals surface area contributed by atoms with Gasteiger partial charge in [0.05, 0.1) is 12.7 Å². The Hall–Kier alpha value is -7.04. The van der Waals surface area contributed by atoms with Gasteiger partial charge in [0, 0.05) is 33.1 Å². The van der Waals surface area contributed by atoms with Gasteiger partial charge in [-0.25, -0.2) is 39.5 Å². The highest BCUT2D eigenvalue weighted by molar-refractivity contribution is 6.11. The molecule has 4 aromatic rings. The number of carbonyl (C=O) groups excluding carboxylic acids is 6. The minimum absolute atomic E-state index is 0.0340. The molecule has 5 amide bonds. The number of ketones is 1. The van der Waals surface area contributed by atoms with Crippen LogP contribution in [0, 0.1) is 0 Å². The first-order chi connectivity index (χ1) is 33.0. The number of alkyl carbamates (subject to hydrolysis) is 2. The van der Waals surface area contributed by atoms with E-state index in [0.717, 1.165) is 0 Å². The zero-order chi connectivity index (χ0) is 50.6. The van der Waals surface area contributed by atoms with Gasteiger partial charge in [-0.2, -0.15) is 0 Å². The third-order valence-corrected chi connectivity index (χ3v) is 13.6. The summed E-state index contributed by atoms with van der Waals surface area (Å²) in [5.74, 6) is -3.05. The molecule has 6 fully saturated rings. The number of carbonyl (C=O) groups is 6. The summed E-state index contributed by atoms with van der Waals surface area (Å²) in [5.41, 5.74) is 17.1. The Morgan fingerprint density at radius 2 is 1.24 bits per heavy atom. The van der Waals surface area contributed by atoms with Gasteiger partial charge in [0.2, 0.25) is 17.5 Å². The molecular formula is C38H48N16O16. The molecule has 6 aliphatic heterocycles. The Labute approximate surface area is 392 Å². The van der Waals surface area contributed by atoms with E-state index in [1.54, 1.807) is 14.0 Å². The molecule has 4 bridgehead atoms. The summed E-state index contributed by atoms with van der Waals surface area (Å²) in [7, 11) is 3.05. The number of nitrogens with one attached hydrogen (secondary N) is 2. The number of likely N-dealkylation sites (N-methyl/N-ethyl adjacent to an activating group) is 2. The number of rotatable bonds is 10. The molecule has 6 aliphatic rings. The molecule has 0 aromatic carbocycles. The third kappa shape index (κ3) is 7.16. The van der Waals surface area contributed by atoms with Crippen molar-refractivity contribution in [2.45, 2.75) is 104 Å². The molecule has 10 heterocycles. The molecule has 0 saturated carbocycles. The molecule has 70 heavy (non-hydrogen) atoms. The number of aliphatic hydroxyl groups excluding tert-OH is 4. The summed E-state index contributed by atoms with van der Waals surface area (Å²) in [5, 5.41) is 46.7. The van der Waals surface area contributed by atoms with E-state index in [-0.39, 0.29) is 49.0 Å². The van der Waals surface area contributed by atoms with Gasteiger partial charge in [-0.3, -0.25) is 33.2 Å². The molecule has 4 unspecified atom stereocenters. The molecule has 32 heteroatoms. The number of ether oxygens (including phenoxy) is 6. The van der Waals surface area contributed by atoms with Crippen LogP contribution in [0.2, 0.25) is 0 Å². The summed E-state index contributed by atoms with van der Waals surface area (Å²) in [6.07, 6.45) is -9.47. The van der Waals surface area contributed by atoms with E-state index in [9.17, 15) is 49.2 Å². The second-order valence-electron chi connectivity index (χ2n) is 17.7. The van der Waals surface area contributed by atoms with Crippen LogP contribution >= 0.6 is 0 Å². The highest BCUT2D eigenvalue weighted by Gasteiger charge is 2.74. The number of anilines is 2. The first kappa shape index (κ1) is 48.0. The van der Waals surface area contributed by atoms with Gasteiger partial charge in [0.25, 0.3) is 23.3 Å². The van der Waals surface area contributed by atoms with Crippen LogP contribution in [0.1, 0.15) is 32.7 Å². The third-order valence-electron chi connectivity index (χ3n) is 13.6. The molecule has 32 nitrogen and oxygen atoms in total. The fourth-order valence-electron chi connectivity index (χ4n) is 9.49. The van der Waals surface area contributed by atoms with E-state index in [0.29, 0.717) is 11.0 Å². The molecule has 14 N–H and O–H groups in total. The minimum Gasteiger partial charge on any atom is -0.442 e. The van der Waals surface area contributed by atoms with Crippen molar-refractivity contribution in [2.75, 3.05) is 45.2 Å². The maximum atomic E-state index is 12.8. The van der Waals surface area contributed by atoms with E-state index in [4.69, 9.17) is 51.4 Å². The molecular weight excluding hydrogens is 937 g/mol. The number of Topliss-reactive ketones (excluding diaryl/α,β-unsaturated/α-hetero) is 1. The van der Waals surface area contributed by atoms with Crippen molar-refractivity contribution in [3.63, 3.8) is 0 Å². The number of hydrogen-bond donors (Lipinski definition) is 10. The fraction of sp³-hybridized carbons (Fsp3) is 0.579. The van der Waals surface area contributed by atoms with E-state index < -0.39 is 120 Å². The standard InChI is InChI=1S/2C19H24N8O8/c1-18-3-8(19(35-18,15(21)30)16(31)26(18)2)34-17(32)22-4-7-10(28)11(29)14(33-7)27-6-25-9-12(20)23-5-24-13(9)27;1-18-11(30)12(19(35-18,16(21)31)4-26(18)2)34-17(32)22-3-7-9(28)10(29)15(33-7)27-6-25-8-13(20)23-5-24-14(8)27/h5-8,10-11,14,28-29H,3-4H2,1-2H3,(H2,21,30)(H,22,32)(H2,20,23,24);5-7,9-10,12,15,28-29H,3-4H2,1-2H3,(H2,21,31)(H,22,32)(H2,20,23,24)/t7-,8?,10-,11-,14-,18+,19?;7-,9-,10-,12?,15-,18-,19?/m11/s1. The van der Waals surface area contributed by atoms with Crippen LogP contribution in [-0.2, 0) is 47.6 Å². The Morgan fingerprint density at radius 1 is 0.743 bits per heavy atom. The Kier molecular flexibility index (Phi) is 11.5. The van der Waals surface area contributed by atoms with Gasteiger partial charge in [-0.1, -0.05) is 0 Å². The van der Waals surface area contributed by atoms with E-state index >= 15 is 0 Å². The summed E-state index contributed by atoms with van der Waals surface area (Å²) in [6, 6.07) is 0. The zero-order valence-electron chi connectivity index (χ0n) is 37.4. The van der Waals surface area contributed by atoms with Crippen molar-refractivity contribution in [1.82, 2.24) is 59.5 Å². The first-order valence-corrected chi connectivity index (χ1v) is 21.3. The predicted molar refractivity (Wildman–Crippen MR) is 226 cm³/mol. The Balaban J connectivity index is 0.000000174.